The van der Waals surface area contributed by atoms with Crippen molar-refractivity contribution in [3.05, 3.63) is 12.2 Å². The van der Waals surface area contributed by atoms with Gasteiger partial charge in [-0.3, -0.25) is 4.79 Å². The summed E-state index contributed by atoms with van der Waals surface area (Å²) in [4.78, 5) is 21.7. The topological polar surface area (TPSA) is 96.4 Å². The normalized spacial score (nSPS) is 10.3. The molecule has 0 saturated carbocycles. The minimum absolute atomic E-state index is 0. The predicted molar refractivity (Wildman–Crippen MR) is 63.9 cm³/mol. The summed E-state index contributed by atoms with van der Waals surface area (Å²) in [5.74, 6) is -0.959. The number of carbonyl (C=O) groups is 2. The van der Waals surface area contributed by atoms with Crippen molar-refractivity contribution in [2.45, 2.75) is 13.3 Å². The number of likely N-dealkylation sites (N-methyl/N-ethyl adjacent to an activating group) is 1. The Hall–Kier alpha value is -1.40. The van der Waals surface area contributed by atoms with E-state index in [9.17, 15) is 9.59 Å². The Morgan fingerprint density at radius 1 is 1.35 bits per heavy atom. The van der Waals surface area contributed by atoms with Gasteiger partial charge in [0, 0.05) is 18.5 Å². The maximum absolute atomic E-state index is 11.1. The third kappa shape index (κ3) is 9.52. The number of amides is 1. The van der Waals surface area contributed by atoms with Gasteiger partial charge in [0.1, 0.15) is 0 Å². The van der Waals surface area contributed by atoms with Gasteiger partial charge in [-0.1, -0.05) is 6.58 Å². The van der Waals surface area contributed by atoms with E-state index in [4.69, 9.17) is 5.11 Å². The number of hydrogen-bond donors (Lipinski definition) is 2. The van der Waals surface area contributed by atoms with E-state index in [1.807, 2.05) is 14.1 Å². The van der Waals surface area contributed by atoms with Crippen LogP contribution in [0.2, 0.25) is 0 Å². The molecule has 0 radical (unpaired) electrons. The summed E-state index contributed by atoms with van der Waals surface area (Å²) in [6.45, 7) is 6.53. The molecule has 1 amide bonds. The third-order valence-electron chi connectivity index (χ3n) is 2.18. The highest BCUT2D eigenvalue weighted by atomic mass is 16.4. The van der Waals surface area contributed by atoms with Gasteiger partial charge >= 0.3 is 5.97 Å². The summed E-state index contributed by atoms with van der Waals surface area (Å²) in [5.41, 5.74) is 0.485. The van der Waals surface area contributed by atoms with Gasteiger partial charge in [0.25, 0.3) is 0 Å². The Labute approximate surface area is 102 Å². The lowest BCUT2D eigenvalue weighted by Gasteiger charge is -2.27. The quantitative estimate of drug-likeness (QED) is 0.377. The maximum atomic E-state index is 11.1. The molecule has 0 aliphatic carbocycles. The monoisotopic (exact) mass is 246 g/mol. The van der Waals surface area contributed by atoms with Gasteiger partial charge in [-0.15, -0.1) is 0 Å². The highest BCUT2D eigenvalue weighted by Gasteiger charge is 2.18. The Bertz CT molecular complexity index is 287. The Balaban J connectivity index is 0. The standard InChI is InChI=1S/C11H20N2O3.H2O/c1-9(2)11(16)12-6-5-7-13(3,4)8-10(14)15;/h1,5-8H2,2-4H3,(H-,12,14,15,16);1H2. The summed E-state index contributed by atoms with van der Waals surface area (Å²) in [6, 6.07) is 0. The number of carbonyl (C=O) groups excluding carboxylic acids is 1. The molecule has 6 nitrogen and oxygen atoms in total. The van der Waals surface area contributed by atoms with Crippen molar-refractivity contribution in [1.82, 2.24) is 5.32 Å². The van der Waals surface area contributed by atoms with Crippen LogP contribution in [0, 0.1) is 0 Å². The summed E-state index contributed by atoms with van der Waals surface area (Å²) in [5, 5.41) is 11.4. The zero-order chi connectivity index (χ0) is 12.8. The van der Waals surface area contributed by atoms with Gasteiger partial charge in [-0.05, 0) is 6.92 Å². The number of nitrogens with zero attached hydrogens (tertiary/aromatic N) is 1. The Morgan fingerprint density at radius 3 is 2.29 bits per heavy atom. The molecule has 0 bridgehead atoms. The van der Waals surface area contributed by atoms with Crippen LogP contribution in [-0.2, 0) is 9.59 Å². The second kappa shape index (κ2) is 7.81. The number of hydrogen-bond acceptors (Lipinski definition) is 3. The van der Waals surface area contributed by atoms with Crippen molar-refractivity contribution >= 4 is 11.9 Å². The van der Waals surface area contributed by atoms with Crippen LogP contribution in [0.1, 0.15) is 13.3 Å². The van der Waals surface area contributed by atoms with Crippen LogP contribution < -0.4 is 5.32 Å². The molecule has 3 N–H and O–H groups in total. The van der Waals surface area contributed by atoms with Crippen molar-refractivity contribution in [1.29, 1.82) is 0 Å². The van der Waals surface area contributed by atoms with E-state index in [0.29, 0.717) is 23.1 Å². The fraction of sp³-hybridized carbons (Fsp3) is 0.636. The lowest BCUT2D eigenvalue weighted by atomic mass is 10.3. The first-order valence-corrected chi connectivity index (χ1v) is 5.22. The molecule has 0 rings (SSSR count). The van der Waals surface area contributed by atoms with E-state index >= 15 is 0 Å². The highest BCUT2D eigenvalue weighted by Crippen LogP contribution is 1.98. The van der Waals surface area contributed by atoms with Crippen LogP contribution in [0.25, 0.3) is 0 Å². The number of aliphatic carboxylic acids is 1. The third-order valence-corrected chi connectivity index (χ3v) is 2.18. The van der Waals surface area contributed by atoms with Crippen molar-refractivity contribution < 1.29 is 24.7 Å². The van der Waals surface area contributed by atoms with Crippen molar-refractivity contribution in [3.63, 3.8) is 0 Å². The van der Waals surface area contributed by atoms with Crippen LogP contribution in [-0.4, -0.2) is 60.7 Å². The molecular formula is C11H22N2O4. The first-order valence-electron chi connectivity index (χ1n) is 5.22. The average Bonchev–Trinajstić information content (AvgIpc) is 2.09. The van der Waals surface area contributed by atoms with E-state index in [1.165, 1.54) is 0 Å². The molecule has 0 atom stereocenters. The minimum atomic E-state index is -0.809. The number of rotatable bonds is 7. The zero-order valence-corrected chi connectivity index (χ0v) is 10.7. The van der Waals surface area contributed by atoms with Crippen LogP contribution >= 0.6 is 0 Å². The summed E-state index contributed by atoms with van der Waals surface area (Å²) >= 11 is 0. The Morgan fingerprint density at radius 2 is 1.88 bits per heavy atom. The molecule has 0 saturated heterocycles. The molecular weight excluding hydrogens is 224 g/mol. The van der Waals surface area contributed by atoms with Crippen LogP contribution in [0.3, 0.4) is 0 Å². The molecule has 0 aromatic carbocycles. The molecule has 0 aliphatic rings. The smallest absolute Gasteiger partial charge is 0.359 e. The maximum Gasteiger partial charge on any atom is 0.359 e. The highest BCUT2D eigenvalue weighted by molar-refractivity contribution is 5.91. The van der Waals surface area contributed by atoms with Gasteiger partial charge in [-0.25, -0.2) is 4.79 Å². The lowest BCUT2D eigenvalue weighted by Crippen LogP contribution is -2.45. The molecule has 0 aromatic heterocycles. The van der Waals surface area contributed by atoms with E-state index in [-0.39, 0.29) is 17.9 Å². The molecule has 6 heteroatoms. The second-order valence-electron chi connectivity index (χ2n) is 4.60. The lowest BCUT2D eigenvalue weighted by molar-refractivity contribution is -0.883. The van der Waals surface area contributed by atoms with E-state index in [2.05, 4.69) is 11.9 Å². The van der Waals surface area contributed by atoms with Gasteiger partial charge in [0.2, 0.25) is 5.91 Å². The van der Waals surface area contributed by atoms with Crippen LogP contribution in [0.5, 0.6) is 0 Å². The molecule has 0 heterocycles. The fourth-order valence-corrected chi connectivity index (χ4v) is 1.31. The number of carboxylic acids is 1. The number of nitrogens with one attached hydrogen (secondary N) is 1. The summed E-state index contributed by atoms with van der Waals surface area (Å²) in [7, 11) is 3.71. The van der Waals surface area contributed by atoms with Gasteiger partial charge in [-0.2, -0.15) is 0 Å². The van der Waals surface area contributed by atoms with Gasteiger partial charge in [0.15, 0.2) is 6.54 Å². The molecule has 0 aromatic rings. The molecule has 100 valence electrons. The van der Waals surface area contributed by atoms with E-state index in [1.54, 1.807) is 6.92 Å². The van der Waals surface area contributed by atoms with Crippen LogP contribution in [0.15, 0.2) is 12.2 Å². The molecule has 0 unspecified atom stereocenters. The summed E-state index contributed by atoms with van der Waals surface area (Å²) in [6.07, 6.45) is 0.749. The second-order valence-corrected chi connectivity index (χ2v) is 4.60. The largest absolute Gasteiger partial charge is 0.870 e. The fourth-order valence-electron chi connectivity index (χ4n) is 1.31. The predicted octanol–water partition coefficient (Wildman–Crippen LogP) is 0.0530. The van der Waals surface area contributed by atoms with Gasteiger partial charge in [0.05, 0.1) is 20.6 Å². The van der Waals surface area contributed by atoms with Crippen molar-refractivity contribution in [2.24, 2.45) is 0 Å². The van der Waals surface area contributed by atoms with E-state index < -0.39 is 5.97 Å². The summed E-state index contributed by atoms with van der Waals surface area (Å²) < 4.78 is 0.415. The SMILES string of the molecule is C=C(C)C(=O)NCCC[N+](C)(C)CC(=O)O.[OH-]. The van der Waals surface area contributed by atoms with Gasteiger partial charge < -0.3 is 20.4 Å². The zero-order valence-electron chi connectivity index (χ0n) is 10.7. The molecule has 17 heavy (non-hydrogen) atoms. The average molecular weight is 246 g/mol. The van der Waals surface area contributed by atoms with E-state index in [0.717, 1.165) is 6.42 Å². The molecule has 0 spiro atoms. The minimum Gasteiger partial charge on any atom is -0.870 e. The first-order chi connectivity index (χ1) is 7.24. The Kier molecular flexibility index (Phi) is 8.25. The number of carboxylic acid groups (broad SMARTS) is 1. The van der Waals surface area contributed by atoms with Crippen molar-refractivity contribution in [3.8, 4) is 0 Å². The van der Waals surface area contributed by atoms with Crippen molar-refractivity contribution in [2.75, 3.05) is 33.7 Å². The molecule has 0 aliphatic heterocycles. The van der Waals surface area contributed by atoms with Crippen LogP contribution in [0.4, 0.5) is 0 Å². The number of quaternary nitrogens is 1. The molecule has 0 fully saturated rings. The first kappa shape index (κ1) is 18.0.